The van der Waals surface area contributed by atoms with Crippen LogP contribution in [0.5, 0.6) is 11.8 Å². The van der Waals surface area contributed by atoms with Gasteiger partial charge in [0.1, 0.15) is 5.75 Å². The smallest absolute Gasteiger partial charge is 0.322 e. The number of benzene rings is 2. The summed E-state index contributed by atoms with van der Waals surface area (Å²) < 4.78 is 37.1. The van der Waals surface area contributed by atoms with Crippen molar-refractivity contribution < 1.29 is 13.2 Å². The van der Waals surface area contributed by atoms with Gasteiger partial charge in [-0.3, -0.25) is 4.57 Å². The molecule has 2 N–H and O–H groups in total. The number of aryl methyl sites for hydroxylation is 1. The molecule has 4 aromatic rings. The second kappa shape index (κ2) is 8.45. The van der Waals surface area contributed by atoms with Gasteiger partial charge in [-0.25, -0.2) is 13.1 Å². The van der Waals surface area contributed by atoms with Crippen LogP contribution in [0.2, 0.25) is 0 Å². The van der Waals surface area contributed by atoms with Crippen molar-refractivity contribution in [3.63, 3.8) is 0 Å². The van der Waals surface area contributed by atoms with Crippen LogP contribution in [-0.2, 0) is 16.6 Å². The van der Waals surface area contributed by atoms with Crippen molar-refractivity contribution in [1.29, 1.82) is 0 Å². The van der Waals surface area contributed by atoms with Gasteiger partial charge in [0.05, 0.1) is 10.9 Å². The molecule has 31 heavy (non-hydrogen) atoms. The standard InChI is InChI=1S/C21H22BrN5O3S/c1-4-27-20(14(3)26-31(28,29)19-8-6-16(22)11-13(19)2)24-25-21(27)30-17-7-5-15-9-10-23-18(15)12-17/h5-12,14,23,26H,4H2,1-3H3/t14-/m1/s1. The first-order chi connectivity index (χ1) is 14.8. The van der Waals surface area contributed by atoms with Gasteiger partial charge in [0, 0.05) is 28.8 Å². The molecule has 1 atom stereocenters. The molecule has 0 aliphatic carbocycles. The maximum atomic E-state index is 12.9. The predicted octanol–water partition coefficient (Wildman–Crippen LogP) is 4.68. The number of sulfonamides is 1. The van der Waals surface area contributed by atoms with Crippen molar-refractivity contribution in [3.05, 3.63) is 64.5 Å². The molecule has 2 aromatic heterocycles. The van der Waals surface area contributed by atoms with E-state index in [0.717, 1.165) is 15.4 Å². The number of hydrogen-bond donors (Lipinski definition) is 2. The summed E-state index contributed by atoms with van der Waals surface area (Å²) in [4.78, 5) is 3.37. The van der Waals surface area contributed by atoms with Crippen molar-refractivity contribution in [3.8, 4) is 11.8 Å². The summed E-state index contributed by atoms with van der Waals surface area (Å²) in [7, 11) is -3.74. The number of nitrogens with one attached hydrogen (secondary N) is 2. The van der Waals surface area contributed by atoms with Gasteiger partial charge in [-0.2, -0.15) is 0 Å². The average molecular weight is 504 g/mol. The van der Waals surface area contributed by atoms with Gasteiger partial charge >= 0.3 is 6.01 Å². The SMILES string of the molecule is CCn1c(Oc2ccc3cc[nH]c3c2)nnc1[C@@H](C)NS(=O)(=O)c1ccc(Br)cc1C. The van der Waals surface area contributed by atoms with E-state index in [1.54, 1.807) is 36.6 Å². The Kier molecular flexibility index (Phi) is 5.87. The molecular formula is C21H22BrN5O3S. The Bertz CT molecular complexity index is 1350. The topological polar surface area (TPSA) is 102 Å². The number of ether oxygens (including phenoxy) is 1. The Morgan fingerprint density at radius 1 is 1.19 bits per heavy atom. The molecule has 0 aliphatic rings. The lowest BCUT2D eigenvalue weighted by Crippen LogP contribution is -2.29. The third-order valence-electron chi connectivity index (χ3n) is 4.94. The van der Waals surface area contributed by atoms with Crippen molar-refractivity contribution in [2.24, 2.45) is 0 Å². The number of nitrogens with zero attached hydrogens (tertiary/aromatic N) is 3. The molecule has 2 aromatic carbocycles. The van der Waals surface area contributed by atoms with Crippen molar-refractivity contribution >= 4 is 36.9 Å². The number of hydrogen-bond acceptors (Lipinski definition) is 5. The highest BCUT2D eigenvalue weighted by molar-refractivity contribution is 9.10. The van der Waals surface area contributed by atoms with Gasteiger partial charge in [0.15, 0.2) is 5.82 Å². The maximum Gasteiger partial charge on any atom is 0.322 e. The fourth-order valence-corrected chi connectivity index (χ4v) is 5.36. The largest absolute Gasteiger partial charge is 0.424 e. The highest BCUT2D eigenvalue weighted by Crippen LogP contribution is 2.27. The minimum Gasteiger partial charge on any atom is -0.424 e. The second-order valence-corrected chi connectivity index (χ2v) is 9.76. The fraction of sp³-hybridized carbons (Fsp3) is 0.238. The van der Waals surface area contributed by atoms with E-state index in [0.29, 0.717) is 29.7 Å². The maximum absolute atomic E-state index is 12.9. The first kappa shape index (κ1) is 21.5. The third-order valence-corrected chi connectivity index (χ3v) is 7.14. The van der Waals surface area contributed by atoms with Gasteiger partial charge in [-0.05, 0) is 68.1 Å². The Morgan fingerprint density at radius 3 is 2.74 bits per heavy atom. The summed E-state index contributed by atoms with van der Waals surface area (Å²) in [6.45, 7) is 5.93. The zero-order valence-corrected chi connectivity index (χ0v) is 19.7. The van der Waals surface area contributed by atoms with Crippen LogP contribution in [0, 0.1) is 6.92 Å². The van der Waals surface area contributed by atoms with Crippen LogP contribution in [-0.4, -0.2) is 28.2 Å². The van der Waals surface area contributed by atoms with Crippen molar-refractivity contribution in [2.75, 3.05) is 0 Å². The summed E-state index contributed by atoms with van der Waals surface area (Å²) in [5, 5.41) is 9.42. The molecule has 10 heteroatoms. The van der Waals surface area contributed by atoms with E-state index < -0.39 is 16.1 Å². The second-order valence-electron chi connectivity index (χ2n) is 7.17. The minimum atomic E-state index is -3.74. The number of fused-ring (bicyclic) bond motifs is 1. The van der Waals surface area contributed by atoms with Gasteiger partial charge in [-0.15, -0.1) is 5.10 Å². The highest BCUT2D eigenvalue weighted by Gasteiger charge is 2.25. The summed E-state index contributed by atoms with van der Waals surface area (Å²) >= 11 is 3.36. The van der Waals surface area contributed by atoms with Gasteiger partial charge < -0.3 is 9.72 Å². The summed E-state index contributed by atoms with van der Waals surface area (Å²) in [6.07, 6.45) is 1.86. The number of halogens is 1. The van der Waals surface area contributed by atoms with Crippen LogP contribution in [0.3, 0.4) is 0 Å². The van der Waals surface area contributed by atoms with Crippen LogP contribution in [0.1, 0.15) is 31.3 Å². The molecule has 0 radical (unpaired) electrons. The predicted molar refractivity (Wildman–Crippen MR) is 122 cm³/mol. The fourth-order valence-electron chi connectivity index (χ4n) is 3.45. The van der Waals surface area contributed by atoms with Crippen LogP contribution in [0.4, 0.5) is 0 Å². The molecule has 0 unspecified atom stereocenters. The summed E-state index contributed by atoms with van der Waals surface area (Å²) in [5.41, 5.74) is 1.60. The molecule has 0 bridgehead atoms. The normalized spacial score (nSPS) is 12.9. The van der Waals surface area contributed by atoms with Gasteiger partial charge in [-0.1, -0.05) is 21.0 Å². The van der Waals surface area contributed by atoms with Crippen LogP contribution in [0.15, 0.2) is 58.0 Å². The van der Waals surface area contributed by atoms with E-state index in [4.69, 9.17) is 4.74 Å². The molecule has 0 saturated carbocycles. The zero-order valence-electron chi connectivity index (χ0n) is 17.3. The van der Waals surface area contributed by atoms with E-state index in [-0.39, 0.29) is 4.90 Å². The van der Waals surface area contributed by atoms with E-state index in [1.807, 2.05) is 37.4 Å². The molecule has 0 saturated heterocycles. The molecule has 0 amide bonds. The summed E-state index contributed by atoms with van der Waals surface area (Å²) in [6, 6.07) is 12.4. The van der Waals surface area contributed by atoms with Crippen LogP contribution >= 0.6 is 15.9 Å². The first-order valence-electron chi connectivity index (χ1n) is 9.75. The average Bonchev–Trinajstić information content (AvgIpc) is 3.33. The Labute approximate surface area is 188 Å². The number of rotatable bonds is 7. The molecule has 2 heterocycles. The van der Waals surface area contributed by atoms with Crippen LogP contribution in [0.25, 0.3) is 10.9 Å². The molecule has 0 spiro atoms. The lowest BCUT2D eigenvalue weighted by Gasteiger charge is -2.16. The molecule has 0 aliphatic heterocycles. The van der Waals surface area contributed by atoms with Crippen LogP contribution < -0.4 is 9.46 Å². The third kappa shape index (κ3) is 4.36. The Hall–Kier alpha value is -2.69. The zero-order chi connectivity index (χ0) is 22.2. The first-order valence-corrected chi connectivity index (χ1v) is 12.0. The van der Waals surface area contributed by atoms with E-state index >= 15 is 0 Å². The highest BCUT2D eigenvalue weighted by atomic mass is 79.9. The molecule has 8 nitrogen and oxygen atoms in total. The van der Waals surface area contributed by atoms with E-state index in [2.05, 4.69) is 35.8 Å². The molecular weight excluding hydrogens is 482 g/mol. The quantitative estimate of drug-likeness (QED) is 0.381. The molecule has 162 valence electrons. The number of aromatic nitrogens is 4. The molecule has 0 fully saturated rings. The van der Waals surface area contributed by atoms with Crippen molar-refractivity contribution in [1.82, 2.24) is 24.5 Å². The van der Waals surface area contributed by atoms with Crippen molar-refractivity contribution in [2.45, 2.75) is 38.3 Å². The lowest BCUT2D eigenvalue weighted by molar-refractivity contribution is 0.408. The molecule has 4 rings (SSSR count). The number of H-pyrrole nitrogens is 1. The minimum absolute atomic E-state index is 0.223. The number of aromatic amines is 1. The lowest BCUT2D eigenvalue weighted by atomic mass is 10.2. The van der Waals surface area contributed by atoms with Gasteiger partial charge in [0.2, 0.25) is 10.0 Å². The van der Waals surface area contributed by atoms with Gasteiger partial charge in [0.25, 0.3) is 0 Å². The Balaban J connectivity index is 1.58. The monoisotopic (exact) mass is 503 g/mol. The Morgan fingerprint density at radius 2 is 2.00 bits per heavy atom. The van der Waals surface area contributed by atoms with E-state index in [1.165, 1.54) is 0 Å². The van der Waals surface area contributed by atoms with E-state index in [9.17, 15) is 8.42 Å². The summed E-state index contributed by atoms with van der Waals surface area (Å²) in [5.74, 6) is 1.08.